The molecule has 7 heteroatoms. The molecule has 2 heterocycles. The predicted molar refractivity (Wildman–Crippen MR) is 79.9 cm³/mol. The number of alkyl halides is 1. The molecule has 0 saturated heterocycles. The summed E-state index contributed by atoms with van der Waals surface area (Å²) in [7, 11) is -3.28. The van der Waals surface area contributed by atoms with Crippen LogP contribution in [0.5, 0.6) is 0 Å². The number of sulfonamides is 1. The van der Waals surface area contributed by atoms with Gasteiger partial charge in [-0.1, -0.05) is 22.0 Å². The highest BCUT2D eigenvalue weighted by molar-refractivity contribution is 9.10. The molecule has 0 radical (unpaired) electrons. The summed E-state index contributed by atoms with van der Waals surface area (Å²) in [6.07, 6.45) is 3.84. The van der Waals surface area contributed by atoms with Gasteiger partial charge in [0.05, 0.1) is 12.5 Å². The van der Waals surface area contributed by atoms with Crippen LogP contribution in [-0.4, -0.2) is 23.9 Å². The average Bonchev–Trinajstić information content (AvgIpc) is 3.07. The number of furan rings is 1. The highest BCUT2D eigenvalue weighted by atomic mass is 79.9. The van der Waals surface area contributed by atoms with Crippen LogP contribution < -0.4 is 0 Å². The summed E-state index contributed by atoms with van der Waals surface area (Å²) in [4.78, 5) is 1.18. The predicted octanol–water partition coefficient (Wildman–Crippen LogP) is 3.07. The van der Waals surface area contributed by atoms with Crippen molar-refractivity contribution in [2.75, 3.05) is 11.2 Å². The Balaban J connectivity index is 2.06. The van der Waals surface area contributed by atoms with Gasteiger partial charge in [-0.3, -0.25) is 0 Å². The maximum atomic E-state index is 12.0. The first-order chi connectivity index (χ1) is 9.12. The van der Waals surface area contributed by atoms with E-state index in [9.17, 15) is 8.42 Å². The quantitative estimate of drug-likeness (QED) is 0.710. The standard InChI is InChI=1S/C12H14BrNO3S2/c13-10-19(15,16)14(8-11-4-6-17-9-11)5-3-12-2-1-7-18-12/h1-2,4,6-7,9H,3,5,8,10H2. The second kappa shape index (κ2) is 6.69. The third kappa shape index (κ3) is 4.17. The van der Waals surface area contributed by atoms with Gasteiger partial charge in [0.1, 0.15) is 4.66 Å². The molecule has 19 heavy (non-hydrogen) atoms. The van der Waals surface area contributed by atoms with Gasteiger partial charge in [-0.15, -0.1) is 11.3 Å². The lowest BCUT2D eigenvalue weighted by molar-refractivity contribution is 0.411. The molecule has 0 saturated carbocycles. The Bertz CT molecular complexity index is 579. The van der Waals surface area contributed by atoms with E-state index in [1.54, 1.807) is 29.9 Å². The van der Waals surface area contributed by atoms with E-state index in [-0.39, 0.29) is 4.66 Å². The lowest BCUT2D eigenvalue weighted by Crippen LogP contribution is -2.32. The highest BCUT2D eigenvalue weighted by Crippen LogP contribution is 2.15. The van der Waals surface area contributed by atoms with Gasteiger partial charge < -0.3 is 4.42 Å². The van der Waals surface area contributed by atoms with Crippen molar-refractivity contribution in [3.63, 3.8) is 0 Å². The fourth-order valence-electron chi connectivity index (χ4n) is 1.66. The molecule has 4 nitrogen and oxygen atoms in total. The second-order valence-corrected chi connectivity index (χ2v) is 8.32. The van der Waals surface area contributed by atoms with Crippen molar-refractivity contribution in [2.24, 2.45) is 0 Å². The van der Waals surface area contributed by atoms with Crippen molar-refractivity contribution in [1.29, 1.82) is 0 Å². The maximum absolute atomic E-state index is 12.0. The Kier molecular flexibility index (Phi) is 5.20. The molecule has 2 rings (SSSR count). The van der Waals surface area contributed by atoms with Crippen LogP contribution in [0.1, 0.15) is 10.4 Å². The van der Waals surface area contributed by atoms with E-state index in [1.165, 1.54) is 9.18 Å². The number of nitrogens with zero attached hydrogens (tertiary/aromatic N) is 1. The second-order valence-electron chi connectivity index (χ2n) is 4.02. The third-order valence-corrected chi connectivity index (χ3v) is 6.70. The van der Waals surface area contributed by atoms with Crippen molar-refractivity contribution < 1.29 is 12.8 Å². The number of hydrogen-bond donors (Lipinski definition) is 0. The molecule has 0 fully saturated rings. The smallest absolute Gasteiger partial charge is 0.224 e. The zero-order chi connectivity index (χ0) is 13.7. The van der Waals surface area contributed by atoms with Gasteiger partial charge in [-0.05, 0) is 23.9 Å². The summed E-state index contributed by atoms with van der Waals surface area (Å²) in [6.45, 7) is 0.815. The molecule has 2 aromatic rings. The van der Waals surface area contributed by atoms with E-state index in [0.29, 0.717) is 13.1 Å². The van der Waals surface area contributed by atoms with Gasteiger partial charge in [0.15, 0.2) is 0 Å². The fraction of sp³-hybridized carbons (Fsp3) is 0.333. The summed E-state index contributed by atoms with van der Waals surface area (Å²) >= 11 is 4.68. The Morgan fingerprint density at radius 2 is 2.21 bits per heavy atom. The van der Waals surface area contributed by atoms with Crippen LogP contribution >= 0.6 is 27.3 Å². The van der Waals surface area contributed by atoms with Crippen molar-refractivity contribution in [3.05, 3.63) is 46.5 Å². The largest absolute Gasteiger partial charge is 0.472 e. The zero-order valence-electron chi connectivity index (χ0n) is 10.2. The van der Waals surface area contributed by atoms with Crippen molar-refractivity contribution in [1.82, 2.24) is 4.31 Å². The molecule has 0 N–H and O–H groups in total. The Morgan fingerprint density at radius 1 is 1.37 bits per heavy atom. The van der Waals surface area contributed by atoms with Crippen LogP contribution in [0.25, 0.3) is 0 Å². The summed E-state index contributed by atoms with van der Waals surface area (Å²) in [6, 6.07) is 5.77. The Labute approximate surface area is 125 Å². The van der Waals surface area contributed by atoms with Crippen LogP contribution in [0, 0.1) is 0 Å². The summed E-state index contributed by atoms with van der Waals surface area (Å²) in [5.41, 5.74) is 0.857. The summed E-state index contributed by atoms with van der Waals surface area (Å²) in [5.74, 6) is 0. The lowest BCUT2D eigenvalue weighted by Gasteiger charge is -2.20. The van der Waals surface area contributed by atoms with Gasteiger partial charge in [-0.2, -0.15) is 4.31 Å². The van der Waals surface area contributed by atoms with E-state index >= 15 is 0 Å². The maximum Gasteiger partial charge on any atom is 0.224 e. The molecule has 0 atom stereocenters. The minimum absolute atomic E-state index is 0.0672. The average molecular weight is 364 g/mol. The number of halogens is 1. The van der Waals surface area contributed by atoms with Crippen LogP contribution in [0.2, 0.25) is 0 Å². The van der Waals surface area contributed by atoms with E-state index in [0.717, 1.165) is 12.0 Å². The molecule has 0 aliphatic rings. The van der Waals surface area contributed by atoms with Crippen LogP contribution in [0.15, 0.2) is 40.5 Å². The minimum atomic E-state index is -3.28. The number of thiophene rings is 1. The highest BCUT2D eigenvalue weighted by Gasteiger charge is 2.21. The molecular weight excluding hydrogens is 350 g/mol. The topological polar surface area (TPSA) is 50.5 Å². The molecule has 0 bridgehead atoms. The van der Waals surface area contributed by atoms with Crippen LogP contribution in [0.3, 0.4) is 0 Å². The van der Waals surface area contributed by atoms with E-state index in [2.05, 4.69) is 15.9 Å². The van der Waals surface area contributed by atoms with Gasteiger partial charge >= 0.3 is 0 Å². The number of hydrogen-bond acceptors (Lipinski definition) is 4. The first-order valence-corrected chi connectivity index (χ1v) is 9.30. The first kappa shape index (κ1) is 14.8. The van der Waals surface area contributed by atoms with E-state index in [4.69, 9.17) is 4.42 Å². The zero-order valence-corrected chi connectivity index (χ0v) is 13.4. The molecule has 0 aliphatic heterocycles. The monoisotopic (exact) mass is 363 g/mol. The van der Waals surface area contributed by atoms with Gasteiger partial charge in [0.25, 0.3) is 0 Å². The fourth-order valence-corrected chi connectivity index (χ4v) is 4.08. The van der Waals surface area contributed by atoms with E-state index in [1.807, 2.05) is 17.5 Å². The van der Waals surface area contributed by atoms with Crippen molar-refractivity contribution in [2.45, 2.75) is 13.0 Å². The molecule has 0 aliphatic carbocycles. The summed E-state index contributed by atoms with van der Waals surface area (Å²) in [5, 5.41) is 1.99. The van der Waals surface area contributed by atoms with Gasteiger partial charge in [0.2, 0.25) is 10.0 Å². The molecule has 0 aromatic carbocycles. The molecule has 104 valence electrons. The van der Waals surface area contributed by atoms with Gasteiger partial charge in [0, 0.05) is 23.5 Å². The first-order valence-electron chi connectivity index (χ1n) is 5.69. The molecule has 0 spiro atoms. The molecule has 0 unspecified atom stereocenters. The van der Waals surface area contributed by atoms with E-state index < -0.39 is 10.0 Å². The van der Waals surface area contributed by atoms with Crippen molar-refractivity contribution in [3.8, 4) is 0 Å². The Morgan fingerprint density at radius 3 is 2.79 bits per heavy atom. The minimum Gasteiger partial charge on any atom is -0.472 e. The molecular formula is C12H14BrNO3S2. The van der Waals surface area contributed by atoms with Crippen LogP contribution in [0.4, 0.5) is 0 Å². The molecule has 0 amide bonds. The van der Waals surface area contributed by atoms with Gasteiger partial charge in [-0.25, -0.2) is 8.42 Å². The SMILES string of the molecule is O=S(=O)(CBr)N(CCc1cccs1)Cc1ccoc1. The third-order valence-electron chi connectivity index (χ3n) is 2.66. The van der Waals surface area contributed by atoms with Crippen LogP contribution in [-0.2, 0) is 23.0 Å². The molecule has 2 aromatic heterocycles. The number of rotatable bonds is 7. The lowest BCUT2D eigenvalue weighted by atomic mass is 10.3. The normalized spacial score (nSPS) is 12.1. The Hall–Kier alpha value is -0.630. The summed E-state index contributed by atoms with van der Waals surface area (Å²) < 4.78 is 30.5. The van der Waals surface area contributed by atoms with Crippen molar-refractivity contribution >= 4 is 37.3 Å².